The zero-order valence-corrected chi connectivity index (χ0v) is 16.7. The van der Waals surface area contributed by atoms with Crippen LogP contribution in [0.2, 0.25) is 0 Å². The van der Waals surface area contributed by atoms with Gasteiger partial charge < -0.3 is 15.1 Å². The third-order valence-corrected chi connectivity index (χ3v) is 5.76. The normalized spacial score (nSPS) is 16.2. The summed E-state index contributed by atoms with van der Waals surface area (Å²) in [4.78, 5) is 22.1. The van der Waals surface area contributed by atoms with E-state index in [0.717, 1.165) is 26.2 Å². The molecule has 1 saturated heterocycles. The van der Waals surface area contributed by atoms with E-state index in [1.807, 2.05) is 0 Å². The van der Waals surface area contributed by atoms with Gasteiger partial charge in [0.15, 0.2) is 17.0 Å². The lowest BCUT2D eigenvalue weighted by molar-refractivity contribution is 0.311. The average Bonchev–Trinajstić information content (AvgIpc) is 2.61. The number of hydrogen-bond acceptors (Lipinski definition) is 9. The first kappa shape index (κ1) is 19.6. The second kappa shape index (κ2) is 8.28. The molecule has 3 rings (SSSR count). The fraction of sp³-hybridized carbons (Fsp3) is 0.625. The van der Waals surface area contributed by atoms with E-state index >= 15 is 0 Å². The highest BCUT2D eigenvalue weighted by Gasteiger charge is 2.19. The number of hydrogen-bond donors (Lipinski definition) is 2. The van der Waals surface area contributed by atoms with Crippen LogP contribution in [0.15, 0.2) is 12.4 Å². The molecule has 0 amide bonds. The van der Waals surface area contributed by atoms with E-state index < -0.39 is 10.0 Å². The summed E-state index contributed by atoms with van der Waals surface area (Å²) in [5.74, 6) is 1.03. The van der Waals surface area contributed by atoms with Gasteiger partial charge in [-0.3, -0.25) is 0 Å². The standard InChI is InChI=1S/C16H26N8O2S/c1-12(2)22-27(25,26)11-6-19-15-13-14(18-5-4-17-13)20-16(21-15)24-9-7-23(3)8-10-24/h4-5,12,22H,6-11H2,1-3H3,(H,18,19,20,21). The molecule has 1 aliphatic rings. The van der Waals surface area contributed by atoms with E-state index in [1.54, 1.807) is 26.2 Å². The van der Waals surface area contributed by atoms with E-state index in [0.29, 0.717) is 22.9 Å². The monoisotopic (exact) mass is 394 g/mol. The van der Waals surface area contributed by atoms with Crippen molar-refractivity contribution in [3.63, 3.8) is 0 Å². The highest BCUT2D eigenvalue weighted by Crippen LogP contribution is 2.20. The number of aromatic nitrogens is 4. The van der Waals surface area contributed by atoms with Gasteiger partial charge in [0.05, 0.1) is 5.75 Å². The molecule has 11 heteroatoms. The van der Waals surface area contributed by atoms with Gasteiger partial charge in [0.1, 0.15) is 0 Å². The third kappa shape index (κ3) is 5.21. The summed E-state index contributed by atoms with van der Waals surface area (Å²) in [6, 6.07) is -0.135. The Morgan fingerprint density at radius 2 is 1.81 bits per heavy atom. The van der Waals surface area contributed by atoms with Gasteiger partial charge in [0, 0.05) is 51.2 Å². The molecular weight excluding hydrogens is 368 g/mol. The summed E-state index contributed by atoms with van der Waals surface area (Å²) in [6.45, 7) is 7.32. The van der Waals surface area contributed by atoms with Crippen LogP contribution in [-0.2, 0) is 10.0 Å². The Balaban J connectivity index is 1.79. The molecule has 148 valence electrons. The molecule has 2 aromatic heterocycles. The Hall–Kier alpha value is -2.11. The lowest BCUT2D eigenvalue weighted by Crippen LogP contribution is -2.45. The van der Waals surface area contributed by atoms with Crippen molar-refractivity contribution in [3.8, 4) is 0 Å². The lowest BCUT2D eigenvalue weighted by atomic mass is 10.3. The fourth-order valence-corrected chi connectivity index (χ4v) is 4.05. The van der Waals surface area contributed by atoms with Crippen LogP contribution in [0, 0.1) is 0 Å². The summed E-state index contributed by atoms with van der Waals surface area (Å²) >= 11 is 0. The minimum atomic E-state index is -3.35. The van der Waals surface area contributed by atoms with Crippen LogP contribution in [0.4, 0.5) is 11.8 Å². The van der Waals surface area contributed by atoms with Crippen molar-refractivity contribution < 1.29 is 8.42 Å². The third-order valence-electron chi connectivity index (χ3n) is 4.19. The summed E-state index contributed by atoms with van der Waals surface area (Å²) < 4.78 is 26.6. The molecule has 3 heterocycles. The van der Waals surface area contributed by atoms with Crippen molar-refractivity contribution >= 4 is 33.0 Å². The van der Waals surface area contributed by atoms with E-state index in [-0.39, 0.29) is 18.3 Å². The van der Waals surface area contributed by atoms with E-state index in [4.69, 9.17) is 0 Å². The van der Waals surface area contributed by atoms with Crippen LogP contribution >= 0.6 is 0 Å². The van der Waals surface area contributed by atoms with Crippen LogP contribution in [0.3, 0.4) is 0 Å². The largest absolute Gasteiger partial charge is 0.367 e. The first-order valence-corrected chi connectivity index (χ1v) is 10.7. The van der Waals surface area contributed by atoms with Crippen molar-refractivity contribution in [2.45, 2.75) is 19.9 Å². The maximum atomic E-state index is 12.0. The number of nitrogens with zero attached hydrogens (tertiary/aromatic N) is 6. The van der Waals surface area contributed by atoms with Gasteiger partial charge in [-0.1, -0.05) is 0 Å². The molecule has 0 aromatic carbocycles. The Morgan fingerprint density at radius 1 is 1.11 bits per heavy atom. The van der Waals surface area contributed by atoms with Crippen molar-refractivity contribution in [1.82, 2.24) is 29.6 Å². The van der Waals surface area contributed by atoms with Gasteiger partial charge in [-0.2, -0.15) is 9.97 Å². The fourth-order valence-electron chi connectivity index (χ4n) is 2.85. The number of rotatable bonds is 7. The molecule has 0 spiro atoms. The van der Waals surface area contributed by atoms with Crippen LogP contribution in [0.5, 0.6) is 0 Å². The molecule has 10 nitrogen and oxygen atoms in total. The van der Waals surface area contributed by atoms with E-state index in [2.05, 4.69) is 46.8 Å². The molecular formula is C16H26N8O2S. The minimum Gasteiger partial charge on any atom is -0.367 e. The number of nitrogens with one attached hydrogen (secondary N) is 2. The quantitative estimate of drug-likeness (QED) is 0.664. The maximum Gasteiger partial charge on any atom is 0.229 e. The first-order valence-electron chi connectivity index (χ1n) is 9.00. The molecule has 2 N–H and O–H groups in total. The molecule has 0 atom stereocenters. The zero-order chi connectivity index (χ0) is 19.4. The average molecular weight is 395 g/mol. The second-order valence-corrected chi connectivity index (χ2v) is 8.78. The number of likely N-dealkylation sites (N-methyl/N-ethyl adjacent to an activating group) is 1. The maximum absolute atomic E-state index is 12.0. The number of piperazine rings is 1. The molecule has 1 aliphatic heterocycles. The van der Waals surface area contributed by atoms with Crippen LogP contribution < -0.4 is 14.9 Å². The Bertz CT molecular complexity index is 881. The smallest absolute Gasteiger partial charge is 0.229 e. The molecule has 1 fully saturated rings. The Labute approximate surface area is 159 Å². The number of sulfonamides is 1. The van der Waals surface area contributed by atoms with Gasteiger partial charge in [-0.15, -0.1) is 0 Å². The zero-order valence-electron chi connectivity index (χ0n) is 15.9. The van der Waals surface area contributed by atoms with Gasteiger partial charge in [0.25, 0.3) is 0 Å². The molecule has 0 bridgehead atoms. The minimum absolute atomic E-state index is 0.0548. The Morgan fingerprint density at radius 3 is 2.52 bits per heavy atom. The van der Waals surface area contributed by atoms with Crippen molar-refractivity contribution in [3.05, 3.63) is 12.4 Å². The topological polar surface area (TPSA) is 116 Å². The molecule has 0 radical (unpaired) electrons. The second-order valence-electron chi connectivity index (χ2n) is 6.91. The van der Waals surface area contributed by atoms with Crippen LogP contribution in [-0.4, -0.2) is 84.8 Å². The predicted molar refractivity (Wildman–Crippen MR) is 105 cm³/mol. The van der Waals surface area contributed by atoms with Gasteiger partial charge >= 0.3 is 0 Å². The SMILES string of the molecule is CC(C)NS(=O)(=O)CCNc1nc(N2CCN(C)CC2)nc2nccnc12. The highest BCUT2D eigenvalue weighted by molar-refractivity contribution is 7.89. The summed E-state index contributed by atoms with van der Waals surface area (Å²) in [5, 5.41) is 3.10. The molecule has 0 unspecified atom stereocenters. The summed E-state index contributed by atoms with van der Waals surface area (Å²) in [7, 11) is -1.26. The summed E-state index contributed by atoms with van der Waals surface area (Å²) in [5.41, 5.74) is 1.02. The molecule has 0 aliphatic carbocycles. The van der Waals surface area contributed by atoms with Crippen LogP contribution in [0.1, 0.15) is 13.8 Å². The number of anilines is 2. The molecule has 2 aromatic rings. The van der Waals surface area contributed by atoms with E-state index in [9.17, 15) is 8.42 Å². The number of fused-ring (bicyclic) bond motifs is 1. The first-order chi connectivity index (χ1) is 12.8. The van der Waals surface area contributed by atoms with Gasteiger partial charge in [-0.05, 0) is 20.9 Å². The lowest BCUT2D eigenvalue weighted by Gasteiger charge is -2.32. The van der Waals surface area contributed by atoms with Crippen LogP contribution in [0.25, 0.3) is 11.2 Å². The van der Waals surface area contributed by atoms with Crippen molar-refractivity contribution in [2.75, 3.05) is 55.7 Å². The summed E-state index contributed by atoms with van der Waals surface area (Å²) in [6.07, 6.45) is 3.16. The van der Waals surface area contributed by atoms with Crippen molar-refractivity contribution in [2.24, 2.45) is 0 Å². The molecule has 0 saturated carbocycles. The van der Waals surface area contributed by atoms with Gasteiger partial charge in [-0.25, -0.2) is 23.1 Å². The van der Waals surface area contributed by atoms with E-state index in [1.165, 1.54) is 0 Å². The van der Waals surface area contributed by atoms with Crippen molar-refractivity contribution in [1.29, 1.82) is 0 Å². The highest BCUT2D eigenvalue weighted by atomic mass is 32.2. The predicted octanol–water partition coefficient (Wildman–Crippen LogP) is -0.0887. The van der Waals surface area contributed by atoms with Gasteiger partial charge in [0.2, 0.25) is 16.0 Å². The Kier molecular flexibility index (Phi) is 6.02. The molecule has 27 heavy (non-hydrogen) atoms.